The molecule has 0 fully saturated rings. The number of H-pyrrole nitrogens is 1. The molecule has 25 heavy (non-hydrogen) atoms. The number of nitrogens with one attached hydrogen (secondary N) is 1. The van der Waals surface area contributed by atoms with Gasteiger partial charge in [-0.2, -0.15) is 0 Å². The van der Waals surface area contributed by atoms with Crippen molar-refractivity contribution in [2.75, 3.05) is 27.2 Å². The third-order valence-electron chi connectivity index (χ3n) is 4.71. The Labute approximate surface area is 147 Å². The molecule has 3 heterocycles. The zero-order valence-corrected chi connectivity index (χ0v) is 15.2. The number of hydrogen-bond acceptors (Lipinski definition) is 4. The van der Waals surface area contributed by atoms with Crippen LogP contribution >= 0.6 is 0 Å². The molecule has 1 unspecified atom stereocenters. The fourth-order valence-electron chi connectivity index (χ4n) is 3.41. The maximum atomic E-state index is 13.0. The van der Waals surface area contributed by atoms with E-state index in [2.05, 4.69) is 9.97 Å². The largest absolute Gasteiger partial charge is 0.347 e. The first-order chi connectivity index (χ1) is 11.9. The number of imidazole rings is 1. The molecule has 1 atom stereocenters. The summed E-state index contributed by atoms with van der Waals surface area (Å²) in [6, 6.07) is 1.85. The van der Waals surface area contributed by atoms with Crippen molar-refractivity contribution in [3.05, 3.63) is 51.5 Å². The molecule has 1 N–H and O–H groups in total. The molecular weight excluding hydrogens is 318 g/mol. The topological polar surface area (TPSA) is 74.2 Å². The molecule has 3 rings (SSSR count). The summed E-state index contributed by atoms with van der Waals surface area (Å²) in [7, 11) is 3.94. The van der Waals surface area contributed by atoms with Crippen molar-refractivity contribution in [3.8, 4) is 0 Å². The van der Waals surface area contributed by atoms with Gasteiger partial charge in [0.1, 0.15) is 5.56 Å². The first-order valence-corrected chi connectivity index (χ1v) is 8.55. The van der Waals surface area contributed by atoms with E-state index in [0.717, 1.165) is 23.5 Å². The van der Waals surface area contributed by atoms with E-state index in [1.54, 1.807) is 22.0 Å². The van der Waals surface area contributed by atoms with Gasteiger partial charge in [0.05, 0.1) is 24.3 Å². The molecule has 2 aromatic rings. The lowest BCUT2D eigenvalue weighted by atomic mass is 10.1. The quantitative estimate of drug-likeness (QED) is 0.905. The molecule has 1 aliphatic rings. The summed E-state index contributed by atoms with van der Waals surface area (Å²) in [5, 5.41) is 0. The molecule has 7 heteroatoms. The van der Waals surface area contributed by atoms with Gasteiger partial charge in [0.15, 0.2) is 0 Å². The van der Waals surface area contributed by atoms with E-state index in [1.165, 1.54) is 0 Å². The van der Waals surface area contributed by atoms with Crippen LogP contribution in [0.2, 0.25) is 0 Å². The summed E-state index contributed by atoms with van der Waals surface area (Å²) in [6.45, 7) is 5.59. The Morgan fingerprint density at radius 1 is 1.44 bits per heavy atom. The van der Waals surface area contributed by atoms with Crippen LogP contribution in [0.25, 0.3) is 0 Å². The molecule has 1 aliphatic heterocycles. The summed E-state index contributed by atoms with van der Waals surface area (Å²) < 4.78 is 1.66. The minimum absolute atomic E-state index is 0.00443. The van der Waals surface area contributed by atoms with Crippen LogP contribution in [0.15, 0.2) is 23.4 Å². The van der Waals surface area contributed by atoms with Crippen LogP contribution in [0.4, 0.5) is 0 Å². The van der Waals surface area contributed by atoms with Gasteiger partial charge in [-0.05, 0) is 39.6 Å². The Morgan fingerprint density at radius 2 is 2.20 bits per heavy atom. The van der Waals surface area contributed by atoms with Crippen molar-refractivity contribution >= 4 is 5.91 Å². The molecule has 0 aromatic carbocycles. The lowest BCUT2D eigenvalue weighted by Crippen LogP contribution is -2.41. The van der Waals surface area contributed by atoms with Gasteiger partial charge in [-0.15, -0.1) is 0 Å². The van der Waals surface area contributed by atoms with Gasteiger partial charge >= 0.3 is 0 Å². The second-order valence-corrected chi connectivity index (χ2v) is 7.00. The SMILES string of the molecule is Cc1ccn(C(C)CN(C)C)c(=O)c1C(=O)N1CCc2nc[nH]c2C1. The highest BCUT2D eigenvalue weighted by Gasteiger charge is 2.27. The van der Waals surface area contributed by atoms with E-state index in [9.17, 15) is 9.59 Å². The van der Waals surface area contributed by atoms with Crippen molar-refractivity contribution in [1.29, 1.82) is 0 Å². The van der Waals surface area contributed by atoms with Gasteiger partial charge in [-0.3, -0.25) is 9.59 Å². The van der Waals surface area contributed by atoms with Crippen LogP contribution in [0.3, 0.4) is 0 Å². The van der Waals surface area contributed by atoms with Gasteiger partial charge in [0, 0.05) is 31.7 Å². The summed E-state index contributed by atoms with van der Waals surface area (Å²) >= 11 is 0. The first kappa shape index (κ1) is 17.4. The zero-order valence-electron chi connectivity index (χ0n) is 15.2. The van der Waals surface area contributed by atoms with Crippen molar-refractivity contribution < 1.29 is 4.79 Å². The van der Waals surface area contributed by atoms with Crippen LogP contribution in [-0.2, 0) is 13.0 Å². The third kappa shape index (κ3) is 3.37. The van der Waals surface area contributed by atoms with Gasteiger partial charge in [-0.1, -0.05) is 0 Å². The molecule has 0 saturated heterocycles. The van der Waals surface area contributed by atoms with E-state index in [0.29, 0.717) is 19.5 Å². The van der Waals surface area contributed by atoms with E-state index in [-0.39, 0.29) is 23.1 Å². The average molecular weight is 343 g/mol. The highest BCUT2D eigenvalue weighted by Crippen LogP contribution is 2.18. The number of fused-ring (bicyclic) bond motifs is 1. The molecule has 2 aromatic heterocycles. The number of carbonyl (C=O) groups is 1. The zero-order chi connectivity index (χ0) is 18.1. The highest BCUT2D eigenvalue weighted by atomic mass is 16.2. The van der Waals surface area contributed by atoms with Crippen molar-refractivity contribution in [1.82, 2.24) is 24.3 Å². The minimum atomic E-state index is -0.213. The van der Waals surface area contributed by atoms with Crippen molar-refractivity contribution in [2.24, 2.45) is 0 Å². The Bertz CT molecular complexity index is 836. The van der Waals surface area contributed by atoms with E-state index in [1.807, 2.05) is 38.9 Å². The van der Waals surface area contributed by atoms with Crippen LogP contribution in [0.5, 0.6) is 0 Å². The predicted octanol–water partition coefficient (Wildman–Crippen LogP) is 1.20. The number of nitrogens with zero attached hydrogens (tertiary/aromatic N) is 4. The predicted molar refractivity (Wildman–Crippen MR) is 95.7 cm³/mol. The molecule has 7 nitrogen and oxygen atoms in total. The van der Waals surface area contributed by atoms with Gasteiger partial charge in [0.25, 0.3) is 11.5 Å². The normalized spacial score (nSPS) is 15.3. The van der Waals surface area contributed by atoms with E-state index >= 15 is 0 Å². The number of carbonyl (C=O) groups excluding carboxylic acids is 1. The summed E-state index contributed by atoms with van der Waals surface area (Å²) in [5.74, 6) is -0.200. The molecule has 0 saturated carbocycles. The Kier molecular flexibility index (Phi) is 4.76. The molecule has 0 radical (unpaired) electrons. The molecule has 1 amide bonds. The number of pyridine rings is 1. The van der Waals surface area contributed by atoms with Crippen LogP contribution in [0, 0.1) is 6.92 Å². The second-order valence-electron chi connectivity index (χ2n) is 7.00. The van der Waals surface area contributed by atoms with Gasteiger partial charge in [0.2, 0.25) is 0 Å². The number of rotatable bonds is 4. The first-order valence-electron chi connectivity index (χ1n) is 8.55. The van der Waals surface area contributed by atoms with Crippen molar-refractivity contribution in [2.45, 2.75) is 32.9 Å². The molecular formula is C18H25N5O2. The molecule has 0 aliphatic carbocycles. The third-order valence-corrected chi connectivity index (χ3v) is 4.71. The summed E-state index contributed by atoms with van der Waals surface area (Å²) in [6.07, 6.45) is 4.15. The number of likely N-dealkylation sites (N-methyl/N-ethyl adjacent to an activating group) is 1. The monoisotopic (exact) mass is 343 g/mol. The standard InChI is InChI=1S/C18H25N5O2/c1-12-5-8-23(13(2)9-21(3)4)18(25)16(12)17(24)22-7-6-14-15(10-22)20-11-19-14/h5,8,11,13H,6-7,9-10H2,1-4H3,(H,19,20). The highest BCUT2D eigenvalue weighted by molar-refractivity contribution is 5.95. The second kappa shape index (κ2) is 6.84. The Balaban J connectivity index is 1.91. The molecule has 0 bridgehead atoms. The number of aryl methyl sites for hydroxylation is 1. The lowest BCUT2D eigenvalue weighted by molar-refractivity contribution is 0.0728. The van der Waals surface area contributed by atoms with Crippen LogP contribution in [-0.4, -0.2) is 57.4 Å². The maximum Gasteiger partial charge on any atom is 0.263 e. The minimum Gasteiger partial charge on any atom is -0.347 e. The molecule has 0 spiro atoms. The summed E-state index contributed by atoms with van der Waals surface area (Å²) in [4.78, 5) is 37.1. The number of amides is 1. The van der Waals surface area contributed by atoms with Crippen LogP contribution < -0.4 is 5.56 Å². The fraction of sp³-hybridized carbons (Fsp3) is 0.500. The lowest BCUT2D eigenvalue weighted by Gasteiger charge is -2.27. The number of hydrogen-bond donors (Lipinski definition) is 1. The summed E-state index contributed by atoms with van der Waals surface area (Å²) in [5.41, 5.74) is 2.74. The van der Waals surface area contributed by atoms with Crippen LogP contribution in [0.1, 0.15) is 40.3 Å². The Hall–Kier alpha value is -2.41. The molecule has 134 valence electrons. The maximum absolute atomic E-state index is 13.0. The van der Waals surface area contributed by atoms with Gasteiger partial charge < -0.3 is 19.4 Å². The average Bonchev–Trinajstić information content (AvgIpc) is 3.01. The fourth-order valence-corrected chi connectivity index (χ4v) is 3.41. The smallest absolute Gasteiger partial charge is 0.263 e. The van der Waals surface area contributed by atoms with E-state index < -0.39 is 0 Å². The number of aromatic nitrogens is 3. The van der Waals surface area contributed by atoms with Crippen molar-refractivity contribution in [3.63, 3.8) is 0 Å². The number of aromatic amines is 1. The van der Waals surface area contributed by atoms with E-state index in [4.69, 9.17) is 0 Å². The Morgan fingerprint density at radius 3 is 2.92 bits per heavy atom. The van der Waals surface area contributed by atoms with Gasteiger partial charge in [-0.25, -0.2) is 4.98 Å².